The third kappa shape index (κ3) is 2.21. The van der Waals surface area contributed by atoms with Crippen molar-refractivity contribution in [2.24, 2.45) is 11.8 Å². The van der Waals surface area contributed by atoms with E-state index in [-0.39, 0.29) is 0 Å². The average molecular weight is 208 g/mol. The SMILES string of the molecule is CC1(C)CN(C(C2CC2)C2CC2)CCN1. The molecular weight excluding hydrogens is 184 g/mol. The van der Waals surface area contributed by atoms with E-state index in [9.17, 15) is 0 Å². The van der Waals surface area contributed by atoms with Gasteiger partial charge in [0.1, 0.15) is 0 Å². The first-order chi connectivity index (χ1) is 7.16. The van der Waals surface area contributed by atoms with Gasteiger partial charge in [-0.1, -0.05) is 0 Å². The highest BCUT2D eigenvalue weighted by Crippen LogP contribution is 2.47. The van der Waals surface area contributed by atoms with Crippen LogP contribution < -0.4 is 5.32 Å². The highest BCUT2D eigenvalue weighted by atomic mass is 15.3. The first-order valence-corrected chi connectivity index (χ1v) is 6.65. The van der Waals surface area contributed by atoms with Crippen LogP contribution in [0.5, 0.6) is 0 Å². The van der Waals surface area contributed by atoms with Crippen LogP contribution in [0.4, 0.5) is 0 Å². The molecule has 0 aromatic rings. The number of rotatable bonds is 3. The van der Waals surface area contributed by atoms with Gasteiger partial charge in [-0.05, 0) is 51.4 Å². The zero-order chi connectivity index (χ0) is 10.5. The number of hydrogen-bond donors (Lipinski definition) is 1. The van der Waals surface area contributed by atoms with E-state index in [1.807, 2.05) is 0 Å². The second-order valence-electron chi connectivity index (χ2n) is 6.45. The van der Waals surface area contributed by atoms with Crippen LogP contribution in [0.3, 0.4) is 0 Å². The highest BCUT2D eigenvalue weighted by molar-refractivity contribution is 5.01. The molecule has 0 atom stereocenters. The summed E-state index contributed by atoms with van der Waals surface area (Å²) >= 11 is 0. The summed E-state index contributed by atoms with van der Waals surface area (Å²) in [6, 6.07) is 0.950. The van der Waals surface area contributed by atoms with Crippen LogP contribution in [0.25, 0.3) is 0 Å². The van der Waals surface area contributed by atoms with Gasteiger partial charge in [-0.15, -0.1) is 0 Å². The van der Waals surface area contributed by atoms with E-state index in [2.05, 4.69) is 24.1 Å². The topological polar surface area (TPSA) is 15.3 Å². The van der Waals surface area contributed by atoms with Crippen molar-refractivity contribution in [1.29, 1.82) is 0 Å². The molecule has 0 bridgehead atoms. The van der Waals surface area contributed by atoms with E-state index >= 15 is 0 Å². The molecule has 0 radical (unpaired) electrons. The summed E-state index contributed by atoms with van der Waals surface area (Å²) in [5.41, 5.74) is 0.334. The number of piperazine rings is 1. The maximum atomic E-state index is 3.62. The van der Waals surface area contributed by atoms with Crippen molar-refractivity contribution in [1.82, 2.24) is 10.2 Å². The predicted molar refractivity (Wildman–Crippen MR) is 62.9 cm³/mol. The Balaban J connectivity index is 1.68. The molecule has 3 aliphatic rings. The lowest BCUT2D eigenvalue weighted by atomic mass is 9.97. The van der Waals surface area contributed by atoms with Gasteiger partial charge in [-0.3, -0.25) is 4.90 Å². The molecule has 3 rings (SSSR count). The van der Waals surface area contributed by atoms with Crippen LogP contribution in [-0.2, 0) is 0 Å². The van der Waals surface area contributed by atoms with E-state index in [0.717, 1.165) is 17.9 Å². The molecule has 0 aromatic heterocycles. The van der Waals surface area contributed by atoms with E-state index in [1.165, 1.54) is 45.3 Å². The van der Waals surface area contributed by atoms with Crippen molar-refractivity contribution >= 4 is 0 Å². The minimum Gasteiger partial charge on any atom is -0.309 e. The monoisotopic (exact) mass is 208 g/mol. The Morgan fingerprint density at radius 3 is 2.20 bits per heavy atom. The van der Waals surface area contributed by atoms with Crippen molar-refractivity contribution in [3.8, 4) is 0 Å². The largest absolute Gasteiger partial charge is 0.309 e. The number of hydrogen-bond acceptors (Lipinski definition) is 2. The minimum absolute atomic E-state index is 0.334. The van der Waals surface area contributed by atoms with Crippen LogP contribution in [-0.4, -0.2) is 36.1 Å². The molecule has 86 valence electrons. The number of nitrogens with one attached hydrogen (secondary N) is 1. The molecule has 2 aliphatic carbocycles. The lowest BCUT2D eigenvalue weighted by Gasteiger charge is -2.43. The zero-order valence-electron chi connectivity index (χ0n) is 10.1. The van der Waals surface area contributed by atoms with Crippen LogP contribution in [0.15, 0.2) is 0 Å². The number of nitrogens with zero attached hydrogens (tertiary/aromatic N) is 1. The second-order valence-corrected chi connectivity index (χ2v) is 6.45. The third-order valence-electron chi connectivity index (χ3n) is 4.23. The van der Waals surface area contributed by atoms with Crippen molar-refractivity contribution in [3.63, 3.8) is 0 Å². The fraction of sp³-hybridized carbons (Fsp3) is 1.00. The summed E-state index contributed by atoms with van der Waals surface area (Å²) in [6.45, 7) is 8.40. The molecule has 0 aromatic carbocycles. The van der Waals surface area contributed by atoms with Gasteiger partial charge in [-0.2, -0.15) is 0 Å². The first kappa shape index (κ1) is 10.1. The van der Waals surface area contributed by atoms with Crippen LogP contribution in [0, 0.1) is 11.8 Å². The Morgan fingerprint density at radius 2 is 1.73 bits per heavy atom. The third-order valence-corrected chi connectivity index (χ3v) is 4.23. The predicted octanol–water partition coefficient (Wildman–Crippen LogP) is 1.86. The fourth-order valence-corrected chi connectivity index (χ4v) is 3.29. The van der Waals surface area contributed by atoms with Crippen molar-refractivity contribution in [2.45, 2.75) is 51.1 Å². The smallest absolute Gasteiger partial charge is 0.0252 e. The lowest BCUT2D eigenvalue weighted by molar-refractivity contribution is 0.0856. The molecule has 2 heteroatoms. The van der Waals surface area contributed by atoms with E-state index in [0.29, 0.717) is 5.54 Å². The Morgan fingerprint density at radius 1 is 1.13 bits per heavy atom. The fourth-order valence-electron chi connectivity index (χ4n) is 3.29. The summed E-state index contributed by atoms with van der Waals surface area (Å²) in [6.07, 6.45) is 6.02. The van der Waals surface area contributed by atoms with Crippen molar-refractivity contribution in [2.75, 3.05) is 19.6 Å². The maximum absolute atomic E-state index is 3.62. The quantitative estimate of drug-likeness (QED) is 0.761. The average Bonchev–Trinajstić information content (AvgIpc) is 2.95. The summed E-state index contributed by atoms with van der Waals surface area (Å²) in [7, 11) is 0. The molecule has 2 nitrogen and oxygen atoms in total. The highest BCUT2D eigenvalue weighted by Gasteiger charge is 2.46. The van der Waals surface area contributed by atoms with Gasteiger partial charge in [0.15, 0.2) is 0 Å². The molecule has 3 fully saturated rings. The second kappa shape index (κ2) is 3.46. The van der Waals surface area contributed by atoms with Gasteiger partial charge < -0.3 is 5.32 Å². The maximum Gasteiger partial charge on any atom is 0.0252 e. The molecule has 0 unspecified atom stereocenters. The summed E-state index contributed by atoms with van der Waals surface area (Å²) in [4.78, 5) is 2.80. The molecule has 2 saturated carbocycles. The van der Waals surface area contributed by atoms with Gasteiger partial charge in [-0.25, -0.2) is 0 Å². The van der Waals surface area contributed by atoms with Gasteiger partial charge in [0.2, 0.25) is 0 Å². The molecule has 1 heterocycles. The Hall–Kier alpha value is -0.0800. The lowest BCUT2D eigenvalue weighted by Crippen LogP contribution is -2.60. The molecule has 1 aliphatic heterocycles. The Labute approximate surface area is 93.4 Å². The van der Waals surface area contributed by atoms with Gasteiger partial charge in [0.05, 0.1) is 0 Å². The standard InChI is InChI=1S/C13H24N2/c1-13(2)9-15(8-7-14-13)12(10-3-4-10)11-5-6-11/h10-12,14H,3-9H2,1-2H3. The van der Waals surface area contributed by atoms with Crippen molar-refractivity contribution < 1.29 is 0 Å². The van der Waals surface area contributed by atoms with E-state index < -0.39 is 0 Å². The van der Waals surface area contributed by atoms with Gasteiger partial charge in [0.25, 0.3) is 0 Å². The summed E-state index contributed by atoms with van der Waals surface area (Å²) in [5.74, 6) is 2.12. The van der Waals surface area contributed by atoms with Gasteiger partial charge in [0, 0.05) is 31.2 Å². The summed E-state index contributed by atoms with van der Waals surface area (Å²) < 4.78 is 0. The molecule has 1 saturated heterocycles. The molecule has 0 spiro atoms. The van der Waals surface area contributed by atoms with Crippen LogP contribution >= 0.6 is 0 Å². The minimum atomic E-state index is 0.334. The zero-order valence-corrected chi connectivity index (χ0v) is 10.1. The molecule has 1 N–H and O–H groups in total. The molecular formula is C13H24N2. The normalized spacial score (nSPS) is 32.2. The van der Waals surface area contributed by atoms with E-state index in [4.69, 9.17) is 0 Å². The van der Waals surface area contributed by atoms with Gasteiger partial charge >= 0.3 is 0 Å². The molecule has 0 amide bonds. The van der Waals surface area contributed by atoms with E-state index in [1.54, 1.807) is 0 Å². The Kier molecular flexibility index (Phi) is 2.33. The summed E-state index contributed by atoms with van der Waals surface area (Å²) in [5, 5.41) is 3.62. The van der Waals surface area contributed by atoms with Crippen LogP contribution in [0.1, 0.15) is 39.5 Å². The van der Waals surface area contributed by atoms with Crippen LogP contribution in [0.2, 0.25) is 0 Å². The molecule has 15 heavy (non-hydrogen) atoms. The van der Waals surface area contributed by atoms with Crippen molar-refractivity contribution in [3.05, 3.63) is 0 Å². The first-order valence-electron chi connectivity index (χ1n) is 6.65. The Bertz CT molecular complexity index is 229.